The lowest BCUT2D eigenvalue weighted by Gasteiger charge is -2.15. The number of rotatable bonds is 6. The Bertz CT molecular complexity index is 845. The second-order valence-corrected chi connectivity index (χ2v) is 6.25. The molecule has 6 heteroatoms. The van der Waals surface area contributed by atoms with Crippen molar-refractivity contribution in [3.63, 3.8) is 0 Å². The van der Waals surface area contributed by atoms with E-state index >= 15 is 0 Å². The Morgan fingerprint density at radius 3 is 2.67 bits per heavy atom. The van der Waals surface area contributed by atoms with Crippen molar-refractivity contribution in [1.82, 2.24) is 4.90 Å². The van der Waals surface area contributed by atoms with Crippen LogP contribution in [-0.4, -0.2) is 36.4 Å². The Hall–Kier alpha value is -3.15. The molecule has 3 rings (SSSR count). The van der Waals surface area contributed by atoms with Gasteiger partial charge in [-0.25, -0.2) is 4.39 Å². The molecule has 0 saturated carbocycles. The lowest BCUT2D eigenvalue weighted by Crippen LogP contribution is -2.32. The van der Waals surface area contributed by atoms with E-state index in [9.17, 15) is 14.0 Å². The molecule has 0 radical (unpaired) electrons. The summed E-state index contributed by atoms with van der Waals surface area (Å²) in [5.41, 5.74) is 0.870. The second kappa shape index (κ2) is 8.98. The maximum absolute atomic E-state index is 13.6. The number of hydrogen-bond donors (Lipinski definition) is 1. The topological polar surface area (TPSA) is 58.6 Å². The number of ether oxygens (including phenoxy) is 1. The third-order valence-electron chi connectivity index (χ3n) is 4.24. The minimum absolute atomic E-state index is 0.0232. The third kappa shape index (κ3) is 5.41. The van der Waals surface area contributed by atoms with Gasteiger partial charge in [0.1, 0.15) is 11.6 Å². The van der Waals surface area contributed by atoms with Gasteiger partial charge in [-0.3, -0.25) is 9.59 Å². The smallest absolute Gasteiger partial charge is 0.260 e. The first-order valence-corrected chi connectivity index (χ1v) is 8.86. The molecule has 1 aliphatic heterocycles. The maximum atomic E-state index is 13.6. The van der Waals surface area contributed by atoms with Gasteiger partial charge in [-0.2, -0.15) is 0 Å². The molecule has 0 bridgehead atoms. The van der Waals surface area contributed by atoms with Crippen molar-refractivity contribution in [3.8, 4) is 5.75 Å². The third-order valence-corrected chi connectivity index (χ3v) is 4.24. The number of hydrogen-bond acceptors (Lipinski definition) is 3. The molecule has 0 atom stereocenters. The summed E-state index contributed by atoms with van der Waals surface area (Å²) < 4.78 is 19.1. The van der Waals surface area contributed by atoms with E-state index in [1.165, 1.54) is 18.2 Å². The van der Waals surface area contributed by atoms with Crippen LogP contribution in [0.25, 0.3) is 6.08 Å². The zero-order valence-corrected chi connectivity index (χ0v) is 14.9. The van der Waals surface area contributed by atoms with Gasteiger partial charge in [-0.15, -0.1) is 0 Å². The average molecular weight is 368 g/mol. The van der Waals surface area contributed by atoms with Crippen molar-refractivity contribution in [2.24, 2.45) is 0 Å². The van der Waals surface area contributed by atoms with Gasteiger partial charge in [-0.1, -0.05) is 24.3 Å². The summed E-state index contributed by atoms with van der Waals surface area (Å²) in [6.45, 7) is 1.55. The molecule has 0 unspecified atom stereocenters. The Labute approximate surface area is 157 Å². The number of anilines is 1. The van der Waals surface area contributed by atoms with Crippen molar-refractivity contribution in [3.05, 3.63) is 66.0 Å². The Morgan fingerprint density at radius 2 is 1.89 bits per heavy atom. The highest BCUT2D eigenvalue weighted by Crippen LogP contribution is 2.18. The van der Waals surface area contributed by atoms with E-state index in [-0.39, 0.29) is 24.2 Å². The van der Waals surface area contributed by atoms with Crippen molar-refractivity contribution >= 4 is 23.6 Å². The monoisotopic (exact) mass is 368 g/mol. The molecule has 140 valence electrons. The first-order valence-electron chi connectivity index (χ1n) is 8.86. The fourth-order valence-corrected chi connectivity index (χ4v) is 2.83. The SMILES string of the molecule is O=C(/C=C/c1ccccc1F)Nc1cccc(OCC(=O)N2CCCC2)c1. The highest BCUT2D eigenvalue weighted by Gasteiger charge is 2.18. The number of amides is 2. The zero-order valence-electron chi connectivity index (χ0n) is 14.9. The van der Waals surface area contributed by atoms with E-state index in [0.29, 0.717) is 17.0 Å². The molecule has 1 aliphatic rings. The molecular weight excluding hydrogens is 347 g/mol. The highest BCUT2D eigenvalue weighted by molar-refractivity contribution is 6.02. The molecule has 2 aromatic carbocycles. The van der Waals surface area contributed by atoms with Gasteiger partial charge in [0.2, 0.25) is 5.91 Å². The molecule has 2 amide bonds. The van der Waals surface area contributed by atoms with Crippen LogP contribution < -0.4 is 10.1 Å². The summed E-state index contributed by atoms with van der Waals surface area (Å²) in [5.74, 6) is -0.309. The van der Waals surface area contributed by atoms with Crippen LogP contribution in [0.5, 0.6) is 5.75 Å². The molecule has 1 heterocycles. The summed E-state index contributed by atoms with van der Waals surface area (Å²) in [6.07, 6.45) is 4.75. The number of likely N-dealkylation sites (tertiary alicyclic amines) is 1. The van der Waals surface area contributed by atoms with Crippen molar-refractivity contribution < 1.29 is 18.7 Å². The van der Waals surface area contributed by atoms with Crippen molar-refractivity contribution in [2.75, 3.05) is 25.0 Å². The molecule has 0 aliphatic carbocycles. The summed E-state index contributed by atoms with van der Waals surface area (Å²) in [5, 5.41) is 2.69. The minimum Gasteiger partial charge on any atom is -0.484 e. The lowest BCUT2D eigenvalue weighted by atomic mass is 10.2. The van der Waals surface area contributed by atoms with Crippen LogP contribution in [0.1, 0.15) is 18.4 Å². The number of carbonyl (C=O) groups is 2. The highest BCUT2D eigenvalue weighted by atomic mass is 19.1. The van der Waals surface area contributed by atoms with Gasteiger partial charge in [0.05, 0.1) is 0 Å². The van der Waals surface area contributed by atoms with Gasteiger partial charge >= 0.3 is 0 Å². The zero-order chi connectivity index (χ0) is 19.1. The van der Waals surface area contributed by atoms with Crippen molar-refractivity contribution in [2.45, 2.75) is 12.8 Å². The van der Waals surface area contributed by atoms with Crippen molar-refractivity contribution in [1.29, 1.82) is 0 Å². The first kappa shape index (κ1) is 18.6. The number of nitrogens with one attached hydrogen (secondary N) is 1. The van der Waals surface area contributed by atoms with Crippen LogP contribution in [0.4, 0.5) is 10.1 Å². The van der Waals surface area contributed by atoms with Crippen LogP contribution in [0.3, 0.4) is 0 Å². The van der Waals surface area contributed by atoms with E-state index in [2.05, 4.69) is 5.32 Å². The van der Waals surface area contributed by atoms with E-state index in [4.69, 9.17) is 4.74 Å². The predicted molar refractivity (Wildman–Crippen MR) is 102 cm³/mol. The van der Waals surface area contributed by atoms with E-state index in [1.54, 1.807) is 47.4 Å². The molecule has 0 aromatic heterocycles. The summed E-state index contributed by atoms with van der Waals surface area (Å²) >= 11 is 0. The normalized spacial score (nSPS) is 13.7. The fraction of sp³-hybridized carbons (Fsp3) is 0.238. The Morgan fingerprint density at radius 1 is 1.11 bits per heavy atom. The lowest BCUT2D eigenvalue weighted by molar-refractivity contribution is -0.132. The molecule has 1 N–H and O–H groups in total. The average Bonchev–Trinajstić information content (AvgIpc) is 3.21. The Kier molecular flexibility index (Phi) is 6.20. The van der Waals surface area contributed by atoms with E-state index < -0.39 is 0 Å². The molecule has 2 aromatic rings. The van der Waals surface area contributed by atoms with E-state index in [0.717, 1.165) is 25.9 Å². The fourth-order valence-electron chi connectivity index (χ4n) is 2.83. The summed E-state index contributed by atoms with van der Waals surface area (Å²) in [4.78, 5) is 25.8. The van der Waals surface area contributed by atoms with Gasteiger partial charge in [0, 0.05) is 36.5 Å². The first-order chi connectivity index (χ1) is 13.1. The van der Waals surface area contributed by atoms with Crippen LogP contribution in [-0.2, 0) is 9.59 Å². The minimum atomic E-state index is -0.389. The second-order valence-electron chi connectivity index (χ2n) is 6.25. The van der Waals surface area contributed by atoms with Crippen LogP contribution in [0.2, 0.25) is 0 Å². The quantitative estimate of drug-likeness (QED) is 0.794. The summed E-state index contributed by atoms with van der Waals surface area (Å²) in [7, 11) is 0. The number of carbonyl (C=O) groups excluding carboxylic acids is 2. The molecule has 27 heavy (non-hydrogen) atoms. The maximum Gasteiger partial charge on any atom is 0.260 e. The Balaban J connectivity index is 1.54. The van der Waals surface area contributed by atoms with Gasteiger partial charge in [-0.05, 0) is 37.1 Å². The number of halogens is 1. The molecule has 5 nitrogen and oxygen atoms in total. The molecule has 1 fully saturated rings. The van der Waals surface area contributed by atoms with Gasteiger partial charge in [0.15, 0.2) is 6.61 Å². The summed E-state index contributed by atoms with van der Waals surface area (Å²) in [6, 6.07) is 13.0. The molecule has 1 saturated heterocycles. The standard InChI is InChI=1S/C21H21FN2O3/c22-19-9-2-1-6-16(19)10-11-20(25)23-17-7-5-8-18(14-17)27-15-21(26)24-12-3-4-13-24/h1-2,5-11,14H,3-4,12-13,15H2,(H,23,25)/b11-10+. The number of nitrogens with zero attached hydrogens (tertiary/aromatic N) is 1. The molecular formula is C21H21FN2O3. The number of benzene rings is 2. The van der Waals surface area contributed by atoms with Crippen LogP contribution >= 0.6 is 0 Å². The largest absolute Gasteiger partial charge is 0.484 e. The van der Waals surface area contributed by atoms with Crippen LogP contribution in [0, 0.1) is 5.82 Å². The van der Waals surface area contributed by atoms with Gasteiger partial charge < -0.3 is 15.0 Å². The molecule has 0 spiro atoms. The van der Waals surface area contributed by atoms with E-state index in [1.807, 2.05) is 0 Å². The van der Waals surface area contributed by atoms with Crippen LogP contribution in [0.15, 0.2) is 54.6 Å². The van der Waals surface area contributed by atoms with Gasteiger partial charge in [0.25, 0.3) is 5.91 Å². The predicted octanol–water partition coefficient (Wildman–Crippen LogP) is 3.48.